The van der Waals surface area contributed by atoms with Crippen LogP contribution in [0.25, 0.3) is 0 Å². The van der Waals surface area contributed by atoms with Gasteiger partial charge in [0, 0.05) is 0 Å². The molecule has 0 N–H and O–H groups in total. The molecule has 0 aromatic rings. The molecular formula is C14H20. The second-order valence-electron chi connectivity index (χ2n) is 7.49. The van der Waals surface area contributed by atoms with E-state index in [1.165, 1.54) is 17.8 Å². The van der Waals surface area contributed by atoms with Crippen LogP contribution in [0.5, 0.6) is 0 Å². The number of rotatable bonds is 0. The fourth-order valence-electron chi connectivity index (χ4n) is 8.00. The monoisotopic (exact) mass is 188 g/mol. The van der Waals surface area contributed by atoms with Crippen LogP contribution in [0, 0.1) is 39.9 Å². The molecule has 6 aliphatic rings. The van der Waals surface area contributed by atoms with E-state index in [0.717, 1.165) is 22.2 Å². The van der Waals surface area contributed by atoms with Crippen molar-refractivity contribution in [1.82, 2.24) is 0 Å². The summed E-state index contributed by atoms with van der Waals surface area (Å²) in [4.78, 5) is 0. The quantitative estimate of drug-likeness (QED) is 0.546. The maximum Gasteiger partial charge on any atom is -0.0152 e. The standard InChI is InChI=1S/C14H20/c1-8-5-12(2)10-7-14(8,12)13-4-3-9(6-13)11(10)13/h8-11H,3-7H2,1-2H3. The third-order valence-electron chi connectivity index (χ3n) is 8.01. The molecule has 0 aliphatic heterocycles. The summed E-state index contributed by atoms with van der Waals surface area (Å²) in [6.45, 7) is 5.20. The van der Waals surface area contributed by atoms with E-state index in [0.29, 0.717) is 0 Å². The smallest absolute Gasteiger partial charge is 0.0152 e. The molecule has 6 fully saturated rings. The molecule has 0 aromatic carbocycles. The Balaban J connectivity index is 1.78. The van der Waals surface area contributed by atoms with Crippen molar-refractivity contribution in [3.8, 4) is 0 Å². The third kappa shape index (κ3) is 0.344. The molecule has 1 spiro atoms. The van der Waals surface area contributed by atoms with Gasteiger partial charge in [-0.05, 0) is 72.0 Å². The van der Waals surface area contributed by atoms with E-state index in [2.05, 4.69) is 13.8 Å². The minimum absolute atomic E-state index is 0.840. The van der Waals surface area contributed by atoms with Crippen molar-refractivity contribution in [3.05, 3.63) is 0 Å². The number of fused-ring (bicyclic) bond motifs is 1. The molecular weight excluding hydrogens is 168 g/mol. The zero-order valence-corrected chi connectivity index (χ0v) is 9.34. The summed E-state index contributed by atoms with van der Waals surface area (Å²) in [5.41, 5.74) is 2.63. The Labute approximate surface area is 86.5 Å². The van der Waals surface area contributed by atoms with Crippen LogP contribution >= 0.6 is 0 Å². The SMILES string of the molecule is CC1CC2(C)C3CC12C12CCC(C1)C32. The van der Waals surface area contributed by atoms with Gasteiger partial charge in [0.1, 0.15) is 0 Å². The van der Waals surface area contributed by atoms with Crippen LogP contribution in [0.1, 0.15) is 46.0 Å². The van der Waals surface area contributed by atoms with Gasteiger partial charge in [-0.1, -0.05) is 13.8 Å². The molecule has 76 valence electrons. The Kier molecular flexibility index (Phi) is 0.797. The zero-order chi connectivity index (χ0) is 9.34. The maximum atomic E-state index is 2.64. The van der Waals surface area contributed by atoms with Crippen LogP contribution in [-0.2, 0) is 0 Å². The highest BCUT2D eigenvalue weighted by atomic mass is 15.0. The van der Waals surface area contributed by atoms with Gasteiger partial charge < -0.3 is 0 Å². The van der Waals surface area contributed by atoms with Gasteiger partial charge in [0.15, 0.2) is 0 Å². The third-order valence-corrected chi connectivity index (χ3v) is 8.01. The highest BCUT2D eigenvalue weighted by molar-refractivity contribution is 5.39. The molecule has 0 amide bonds. The lowest BCUT2D eigenvalue weighted by Crippen LogP contribution is -2.67. The normalized spacial score (nSPS) is 81.0. The first-order valence-electron chi connectivity index (χ1n) is 6.66. The van der Waals surface area contributed by atoms with Crippen LogP contribution < -0.4 is 0 Å². The van der Waals surface area contributed by atoms with Gasteiger partial charge in [-0.2, -0.15) is 0 Å². The molecule has 7 atom stereocenters. The van der Waals surface area contributed by atoms with Crippen LogP contribution in [0.3, 0.4) is 0 Å². The Morgan fingerprint density at radius 3 is 2.64 bits per heavy atom. The summed E-state index contributed by atoms with van der Waals surface area (Å²) in [6.07, 6.45) is 8.09. The second kappa shape index (κ2) is 1.53. The van der Waals surface area contributed by atoms with Crippen LogP contribution in [0.2, 0.25) is 0 Å². The minimum atomic E-state index is 0.840. The number of hydrogen-bond acceptors (Lipinski definition) is 0. The average molecular weight is 188 g/mol. The van der Waals surface area contributed by atoms with Gasteiger partial charge >= 0.3 is 0 Å². The van der Waals surface area contributed by atoms with E-state index < -0.39 is 0 Å². The predicted molar refractivity (Wildman–Crippen MR) is 55.7 cm³/mol. The Hall–Kier alpha value is 0. The average Bonchev–Trinajstić information content (AvgIpc) is 2.74. The molecule has 0 aromatic heterocycles. The molecule has 0 radical (unpaired) electrons. The van der Waals surface area contributed by atoms with Crippen LogP contribution in [0.4, 0.5) is 0 Å². The van der Waals surface area contributed by atoms with E-state index in [9.17, 15) is 0 Å². The van der Waals surface area contributed by atoms with Gasteiger partial charge in [0.2, 0.25) is 0 Å². The Bertz CT molecular complexity index is 355. The highest BCUT2D eigenvalue weighted by Gasteiger charge is 2.91. The zero-order valence-electron chi connectivity index (χ0n) is 9.34. The van der Waals surface area contributed by atoms with Gasteiger partial charge in [0.25, 0.3) is 0 Å². The van der Waals surface area contributed by atoms with E-state index in [-0.39, 0.29) is 0 Å². The Morgan fingerprint density at radius 1 is 1.14 bits per heavy atom. The fourth-order valence-corrected chi connectivity index (χ4v) is 8.00. The van der Waals surface area contributed by atoms with Crippen LogP contribution in [0.15, 0.2) is 0 Å². The van der Waals surface area contributed by atoms with Crippen LogP contribution in [-0.4, -0.2) is 0 Å². The van der Waals surface area contributed by atoms with Crippen molar-refractivity contribution in [2.75, 3.05) is 0 Å². The van der Waals surface area contributed by atoms with Gasteiger partial charge in [-0.25, -0.2) is 0 Å². The number of hydrogen-bond donors (Lipinski definition) is 0. The van der Waals surface area contributed by atoms with E-state index in [1.54, 1.807) is 32.1 Å². The lowest BCUT2D eigenvalue weighted by atomic mass is 9.31. The maximum absolute atomic E-state index is 2.64. The van der Waals surface area contributed by atoms with Crippen molar-refractivity contribution in [2.45, 2.75) is 46.0 Å². The van der Waals surface area contributed by atoms with Gasteiger partial charge in [-0.3, -0.25) is 0 Å². The summed E-state index contributed by atoms with van der Waals surface area (Å²) in [6, 6.07) is 0. The summed E-state index contributed by atoms with van der Waals surface area (Å²) >= 11 is 0. The lowest BCUT2D eigenvalue weighted by Gasteiger charge is -2.73. The summed E-state index contributed by atoms with van der Waals surface area (Å²) in [7, 11) is 0. The molecule has 0 heterocycles. The topological polar surface area (TPSA) is 0 Å². The largest absolute Gasteiger partial charge is 0.0619 e. The summed E-state index contributed by atoms with van der Waals surface area (Å²) in [5, 5.41) is 0. The van der Waals surface area contributed by atoms with Gasteiger partial charge in [0.05, 0.1) is 0 Å². The van der Waals surface area contributed by atoms with E-state index in [4.69, 9.17) is 0 Å². The molecule has 6 aliphatic carbocycles. The second-order valence-corrected chi connectivity index (χ2v) is 7.49. The lowest BCUT2D eigenvalue weighted by molar-refractivity contribution is -0.253. The first kappa shape index (κ1) is 7.30. The molecule has 0 heteroatoms. The van der Waals surface area contributed by atoms with E-state index >= 15 is 0 Å². The molecule has 6 rings (SSSR count). The minimum Gasteiger partial charge on any atom is -0.0619 e. The predicted octanol–water partition coefficient (Wildman–Crippen LogP) is 3.47. The molecule has 14 heavy (non-hydrogen) atoms. The van der Waals surface area contributed by atoms with Crippen molar-refractivity contribution in [2.24, 2.45) is 39.9 Å². The van der Waals surface area contributed by atoms with Gasteiger partial charge in [-0.15, -0.1) is 0 Å². The van der Waals surface area contributed by atoms with Crippen molar-refractivity contribution in [3.63, 3.8) is 0 Å². The first-order chi connectivity index (χ1) is 6.66. The van der Waals surface area contributed by atoms with Crippen molar-refractivity contribution < 1.29 is 0 Å². The van der Waals surface area contributed by atoms with Crippen molar-refractivity contribution in [1.29, 1.82) is 0 Å². The molecule has 4 bridgehead atoms. The fraction of sp³-hybridized carbons (Fsp3) is 1.00. The first-order valence-corrected chi connectivity index (χ1v) is 6.66. The Morgan fingerprint density at radius 2 is 2.00 bits per heavy atom. The molecule has 6 saturated carbocycles. The van der Waals surface area contributed by atoms with Crippen molar-refractivity contribution >= 4 is 0 Å². The summed E-state index contributed by atoms with van der Waals surface area (Å²) < 4.78 is 0. The highest BCUT2D eigenvalue weighted by Crippen LogP contribution is 2.98. The molecule has 0 nitrogen and oxygen atoms in total. The summed E-state index contributed by atoms with van der Waals surface area (Å²) in [5.74, 6) is 4.67. The molecule has 7 unspecified atom stereocenters. The van der Waals surface area contributed by atoms with E-state index in [1.807, 2.05) is 0 Å². The molecule has 0 saturated heterocycles.